The fourth-order valence-corrected chi connectivity index (χ4v) is 1.95. The topological polar surface area (TPSA) is 46.3 Å². The summed E-state index contributed by atoms with van der Waals surface area (Å²) >= 11 is 15.1. The largest absolute Gasteiger partial charge is 0.370 e. The lowest BCUT2D eigenvalue weighted by Crippen LogP contribution is -2.27. The minimum atomic E-state index is -0.300. The lowest BCUT2D eigenvalue weighted by atomic mass is 10.2. The molecule has 0 aliphatic heterocycles. The molecule has 3 nitrogen and oxygen atoms in total. The molecular formula is C12H15ClN2OS2. The molecule has 0 aromatic heterocycles. The van der Waals surface area contributed by atoms with Gasteiger partial charge in [-0.25, -0.2) is 0 Å². The van der Waals surface area contributed by atoms with Gasteiger partial charge in [0, 0.05) is 24.5 Å². The van der Waals surface area contributed by atoms with E-state index in [1.54, 1.807) is 0 Å². The quantitative estimate of drug-likeness (QED) is 0.627. The zero-order valence-corrected chi connectivity index (χ0v) is 12.3. The van der Waals surface area contributed by atoms with Crippen molar-refractivity contribution in [2.75, 3.05) is 6.54 Å². The van der Waals surface area contributed by atoms with Crippen LogP contribution in [0, 0.1) is 0 Å². The van der Waals surface area contributed by atoms with Gasteiger partial charge in [0.1, 0.15) is 4.32 Å². The number of carbonyl (C=O) groups is 1. The first kappa shape index (κ1) is 15.3. The van der Waals surface area contributed by atoms with Crippen molar-refractivity contribution in [1.29, 1.82) is 0 Å². The molecule has 0 radical (unpaired) electrons. The van der Waals surface area contributed by atoms with Crippen LogP contribution in [0.3, 0.4) is 0 Å². The Bertz CT molecular complexity index is 423. The maximum absolute atomic E-state index is 10.7. The third kappa shape index (κ3) is 5.71. The van der Waals surface area contributed by atoms with Gasteiger partial charge in [-0.1, -0.05) is 36.0 Å². The Morgan fingerprint density at radius 1 is 1.39 bits per heavy atom. The summed E-state index contributed by atoms with van der Waals surface area (Å²) in [6.45, 7) is 1.31. The van der Waals surface area contributed by atoms with Gasteiger partial charge in [0.25, 0.3) is 0 Å². The Balaban J connectivity index is 2.54. The third-order valence-electron chi connectivity index (χ3n) is 2.41. The highest BCUT2D eigenvalue weighted by Gasteiger charge is 2.08. The number of hydrogen-bond acceptors (Lipinski definition) is 2. The van der Waals surface area contributed by atoms with E-state index >= 15 is 0 Å². The second-order valence-electron chi connectivity index (χ2n) is 3.90. The molecule has 1 rings (SSSR count). The van der Waals surface area contributed by atoms with E-state index in [9.17, 15) is 4.79 Å². The summed E-state index contributed by atoms with van der Waals surface area (Å²) in [5.41, 5.74) is 6.19. The highest BCUT2D eigenvalue weighted by Crippen LogP contribution is 2.13. The molecule has 1 aromatic carbocycles. The van der Waals surface area contributed by atoms with Crippen LogP contribution in [-0.2, 0) is 11.3 Å². The van der Waals surface area contributed by atoms with Crippen LogP contribution >= 0.6 is 36.4 Å². The summed E-state index contributed by atoms with van der Waals surface area (Å²) < 4.78 is 0.509. The molecule has 0 fully saturated rings. The van der Waals surface area contributed by atoms with E-state index in [1.807, 2.05) is 29.2 Å². The number of carbonyl (C=O) groups excluding carboxylic acids is 1. The van der Waals surface area contributed by atoms with E-state index in [0.717, 1.165) is 5.56 Å². The first-order valence-corrected chi connectivity index (χ1v) is 6.73. The summed E-state index contributed by atoms with van der Waals surface area (Å²) in [6, 6.07) is 7.55. The zero-order chi connectivity index (χ0) is 13.5. The lowest BCUT2D eigenvalue weighted by molar-refractivity contribution is -0.118. The van der Waals surface area contributed by atoms with Crippen LogP contribution in [0.1, 0.15) is 18.4 Å². The third-order valence-corrected chi connectivity index (χ3v) is 3.20. The fraction of sp³-hybridized carbons (Fsp3) is 0.333. The standard InChI is InChI=1S/C12H15ClN2OS2/c13-10-5-3-9(4-6-10)8-15(12(17)18)7-1-2-11(14)16/h3-6H,1-2,7-8H2,(H2,14,16)(H,17,18). The van der Waals surface area contributed by atoms with E-state index < -0.39 is 0 Å². The molecule has 0 atom stereocenters. The molecule has 0 heterocycles. The van der Waals surface area contributed by atoms with Crippen LogP contribution in [0.2, 0.25) is 5.02 Å². The van der Waals surface area contributed by atoms with Gasteiger partial charge in [0.15, 0.2) is 0 Å². The summed E-state index contributed by atoms with van der Waals surface area (Å²) in [5, 5.41) is 0.701. The van der Waals surface area contributed by atoms with Crippen LogP contribution in [0.25, 0.3) is 0 Å². The Labute approximate surface area is 123 Å². The second kappa shape index (κ2) is 7.61. The van der Waals surface area contributed by atoms with Crippen LogP contribution in [0.15, 0.2) is 24.3 Å². The molecule has 98 valence electrons. The van der Waals surface area contributed by atoms with Crippen LogP contribution in [-0.4, -0.2) is 21.7 Å². The number of nitrogens with two attached hydrogens (primary N) is 1. The Morgan fingerprint density at radius 3 is 2.50 bits per heavy atom. The SMILES string of the molecule is NC(=O)CCCN(Cc1ccc(Cl)cc1)C(=S)S. The number of halogens is 1. The van der Waals surface area contributed by atoms with Crippen molar-refractivity contribution in [2.24, 2.45) is 5.73 Å². The summed E-state index contributed by atoms with van der Waals surface area (Å²) in [4.78, 5) is 12.6. The average molecular weight is 303 g/mol. The Kier molecular flexibility index (Phi) is 6.46. The van der Waals surface area contributed by atoms with Crippen molar-refractivity contribution in [3.8, 4) is 0 Å². The van der Waals surface area contributed by atoms with Gasteiger partial charge >= 0.3 is 0 Å². The molecule has 18 heavy (non-hydrogen) atoms. The van der Waals surface area contributed by atoms with Crippen molar-refractivity contribution < 1.29 is 4.79 Å². The minimum absolute atomic E-state index is 0.300. The Hall–Kier alpha value is -0.780. The number of nitrogens with zero attached hydrogens (tertiary/aromatic N) is 1. The predicted octanol–water partition coefficient (Wildman–Crippen LogP) is 2.62. The van der Waals surface area contributed by atoms with E-state index in [0.29, 0.717) is 35.3 Å². The monoisotopic (exact) mass is 302 g/mol. The van der Waals surface area contributed by atoms with Gasteiger partial charge in [-0.15, -0.1) is 12.6 Å². The second-order valence-corrected chi connectivity index (χ2v) is 5.45. The summed E-state index contributed by atoms with van der Waals surface area (Å²) in [6.07, 6.45) is 1.02. The highest BCUT2D eigenvalue weighted by atomic mass is 35.5. The number of primary amides is 1. The van der Waals surface area contributed by atoms with Gasteiger partial charge in [0.05, 0.1) is 0 Å². The van der Waals surface area contributed by atoms with E-state index in [-0.39, 0.29) is 5.91 Å². The van der Waals surface area contributed by atoms with Crippen molar-refractivity contribution in [3.63, 3.8) is 0 Å². The molecule has 0 aliphatic carbocycles. The van der Waals surface area contributed by atoms with Crippen molar-refractivity contribution in [3.05, 3.63) is 34.9 Å². The Morgan fingerprint density at radius 2 is 2.00 bits per heavy atom. The normalized spacial score (nSPS) is 10.1. The number of thiocarbonyl (C=S) groups is 1. The molecule has 0 bridgehead atoms. The number of rotatable bonds is 6. The molecule has 2 N–H and O–H groups in total. The first-order valence-electron chi connectivity index (χ1n) is 5.49. The molecule has 0 unspecified atom stereocenters. The zero-order valence-electron chi connectivity index (χ0n) is 9.80. The van der Waals surface area contributed by atoms with Crippen LogP contribution in [0.4, 0.5) is 0 Å². The van der Waals surface area contributed by atoms with Crippen LogP contribution < -0.4 is 5.73 Å². The van der Waals surface area contributed by atoms with Crippen molar-refractivity contribution >= 4 is 46.7 Å². The van der Waals surface area contributed by atoms with Gasteiger partial charge in [-0.2, -0.15) is 0 Å². The van der Waals surface area contributed by atoms with Crippen molar-refractivity contribution in [1.82, 2.24) is 4.90 Å². The van der Waals surface area contributed by atoms with Crippen LogP contribution in [0.5, 0.6) is 0 Å². The highest BCUT2D eigenvalue weighted by molar-refractivity contribution is 8.10. The molecule has 0 spiro atoms. The smallest absolute Gasteiger partial charge is 0.217 e. The average Bonchev–Trinajstić information content (AvgIpc) is 2.30. The molecule has 0 aliphatic rings. The molecule has 6 heteroatoms. The molecule has 0 saturated carbocycles. The number of benzene rings is 1. The number of thiol groups is 1. The molecule has 1 aromatic rings. The summed E-state index contributed by atoms with van der Waals surface area (Å²) in [7, 11) is 0. The molecule has 1 amide bonds. The van der Waals surface area contributed by atoms with Gasteiger partial charge in [-0.3, -0.25) is 4.79 Å². The summed E-state index contributed by atoms with van der Waals surface area (Å²) in [5.74, 6) is -0.300. The number of amides is 1. The van der Waals surface area contributed by atoms with Crippen molar-refractivity contribution in [2.45, 2.75) is 19.4 Å². The predicted molar refractivity (Wildman–Crippen MR) is 81.9 cm³/mol. The minimum Gasteiger partial charge on any atom is -0.370 e. The molecule has 0 saturated heterocycles. The van der Waals surface area contributed by atoms with E-state index in [1.165, 1.54) is 0 Å². The van der Waals surface area contributed by atoms with E-state index in [2.05, 4.69) is 12.6 Å². The first-order chi connectivity index (χ1) is 8.49. The maximum Gasteiger partial charge on any atom is 0.217 e. The molecular weight excluding hydrogens is 288 g/mol. The lowest BCUT2D eigenvalue weighted by Gasteiger charge is -2.22. The van der Waals surface area contributed by atoms with Gasteiger partial charge in [-0.05, 0) is 24.1 Å². The maximum atomic E-state index is 10.7. The van der Waals surface area contributed by atoms with Gasteiger partial charge in [0.2, 0.25) is 5.91 Å². The van der Waals surface area contributed by atoms with E-state index in [4.69, 9.17) is 29.6 Å². The fourth-order valence-electron chi connectivity index (χ4n) is 1.50. The van der Waals surface area contributed by atoms with Gasteiger partial charge < -0.3 is 10.6 Å². The number of hydrogen-bond donors (Lipinski definition) is 2.